The van der Waals surface area contributed by atoms with Gasteiger partial charge in [0.25, 0.3) is 5.91 Å². The van der Waals surface area contributed by atoms with Crippen LogP contribution in [0.4, 0.5) is 13.2 Å². The van der Waals surface area contributed by atoms with E-state index < -0.39 is 23.3 Å². The van der Waals surface area contributed by atoms with Crippen molar-refractivity contribution in [2.75, 3.05) is 13.2 Å². The van der Waals surface area contributed by atoms with Crippen molar-refractivity contribution in [3.8, 4) is 17.2 Å². The molecule has 6 nitrogen and oxygen atoms in total. The summed E-state index contributed by atoms with van der Waals surface area (Å²) in [6.45, 7) is 2.72. The Morgan fingerprint density at radius 2 is 1.80 bits per heavy atom. The second kappa shape index (κ2) is 7.74. The molecular formula is C21H18F3N3O3. The van der Waals surface area contributed by atoms with E-state index in [0.717, 1.165) is 16.4 Å². The van der Waals surface area contributed by atoms with E-state index in [9.17, 15) is 18.0 Å². The number of carbonyl (C=O) groups excluding carboxylic acids is 1. The summed E-state index contributed by atoms with van der Waals surface area (Å²) in [5.74, 6) is 0.266. The zero-order valence-corrected chi connectivity index (χ0v) is 16.0. The van der Waals surface area contributed by atoms with Gasteiger partial charge in [-0.3, -0.25) is 4.79 Å². The Bertz CT molecular complexity index is 1080. The fourth-order valence-electron chi connectivity index (χ4n) is 3.14. The predicted octanol–water partition coefficient (Wildman–Crippen LogP) is 3.90. The fourth-order valence-corrected chi connectivity index (χ4v) is 3.14. The highest BCUT2D eigenvalue weighted by molar-refractivity contribution is 5.95. The topological polar surface area (TPSA) is 65.4 Å². The highest BCUT2D eigenvalue weighted by atomic mass is 19.4. The Balaban J connectivity index is 1.57. The quantitative estimate of drug-likeness (QED) is 0.699. The lowest BCUT2D eigenvalue weighted by Crippen LogP contribution is -2.26. The van der Waals surface area contributed by atoms with E-state index in [-0.39, 0.29) is 12.2 Å². The molecule has 1 amide bonds. The number of nitrogens with zero attached hydrogens (tertiary/aromatic N) is 2. The molecule has 2 heterocycles. The SMILES string of the molecule is Cc1ccc(-n2ncc(C(=O)NCc3ccc4c(c3)OCCO4)c2C(F)(F)F)cc1. The molecule has 0 atom stereocenters. The molecular weight excluding hydrogens is 399 g/mol. The van der Waals surface area contributed by atoms with Crippen molar-refractivity contribution in [3.05, 3.63) is 71.0 Å². The third kappa shape index (κ3) is 3.96. The van der Waals surface area contributed by atoms with Gasteiger partial charge in [-0.05, 0) is 36.8 Å². The minimum atomic E-state index is -4.76. The molecule has 3 aromatic rings. The second-order valence-electron chi connectivity index (χ2n) is 6.81. The van der Waals surface area contributed by atoms with Gasteiger partial charge in [-0.15, -0.1) is 0 Å². The van der Waals surface area contributed by atoms with Crippen molar-refractivity contribution in [1.29, 1.82) is 0 Å². The number of aryl methyl sites for hydroxylation is 1. The van der Waals surface area contributed by atoms with Gasteiger partial charge in [0.15, 0.2) is 17.2 Å². The van der Waals surface area contributed by atoms with E-state index in [0.29, 0.717) is 30.3 Å². The zero-order chi connectivity index (χ0) is 21.3. The molecule has 0 saturated carbocycles. The largest absolute Gasteiger partial charge is 0.486 e. The maximum Gasteiger partial charge on any atom is 0.434 e. The molecule has 0 fully saturated rings. The van der Waals surface area contributed by atoms with Crippen LogP contribution >= 0.6 is 0 Å². The van der Waals surface area contributed by atoms with Gasteiger partial charge in [-0.25, -0.2) is 4.68 Å². The Hall–Kier alpha value is -3.49. The van der Waals surface area contributed by atoms with E-state index in [2.05, 4.69) is 10.4 Å². The number of nitrogens with one attached hydrogen (secondary N) is 1. The zero-order valence-electron chi connectivity index (χ0n) is 16.0. The fraction of sp³-hybridized carbons (Fsp3) is 0.238. The molecule has 0 spiro atoms. The summed E-state index contributed by atoms with van der Waals surface area (Å²) in [4.78, 5) is 12.6. The van der Waals surface area contributed by atoms with E-state index in [1.807, 2.05) is 6.92 Å². The van der Waals surface area contributed by atoms with Crippen LogP contribution in [0.5, 0.6) is 11.5 Å². The van der Waals surface area contributed by atoms with E-state index >= 15 is 0 Å². The van der Waals surface area contributed by atoms with Crippen molar-refractivity contribution in [1.82, 2.24) is 15.1 Å². The highest BCUT2D eigenvalue weighted by Gasteiger charge is 2.40. The van der Waals surface area contributed by atoms with Crippen molar-refractivity contribution < 1.29 is 27.4 Å². The summed E-state index contributed by atoms with van der Waals surface area (Å²) in [5.41, 5.74) is 0.134. The molecule has 1 N–H and O–H groups in total. The molecule has 0 radical (unpaired) electrons. The molecule has 1 aromatic heterocycles. The minimum Gasteiger partial charge on any atom is -0.486 e. The number of aromatic nitrogens is 2. The third-order valence-electron chi connectivity index (χ3n) is 4.62. The normalized spacial score (nSPS) is 13.2. The van der Waals surface area contributed by atoms with Crippen molar-refractivity contribution in [3.63, 3.8) is 0 Å². The van der Waals surface area contributed by atoms with Crippen molar-refractivity contribution >= 4 is 5.91 Å². The smallest absolute Gasteiger partial charge is 0.434 e. The standard InChI is InChI=1S/C21H18F3N3O3/c1-13-2-5-15(6-3-13)27-19(21(22,23)24)16(12-26-27)20(28)25-11-14-4-7-17-18(10-14)30-9-8-29-17/h2-7,10,12H,8-9,11H2,1H3,(H,25,28). The van der Waals surface area contributed by atoms with Crippen LogP contribution in [-0.2, 0) is 12.7 Å². The summed E-state index contributed by atoms with van der Waals surface area (Å²) in [7, 11) is 0. The van der Waals surface area contributed by atoms with E-state index in [4.69, 9.17) is 9.47 Å². The van der Waals surface area contributed by atoms with E-state index in [1.165, 1.54) is 12.1 Å². The Morgan fingerprint density at radius 3 is 2.50 bits per heavy atom. The van der Waals surface area contributed by atoms with Crippen LogP contribution in [0.1, 0.15) is 27.2 Å². The van der Waals surface area contributed by atoms with E-state index in [1.54, 1.807) is 30.3 Å². The monoisotopic (exact) mass is 417 g/mol. The van der Waals surface area contributed by atoms with Gasteiger partial charge < -0.3 is 14.8 Å². The van der Waals surface area contributed by atoms with Crippen molar-refractivity contribution in [2.24, 2.45) is 0 Å². The maximum absolute atomic E-state index is 13.7. The van der Waals surface area contributed by atoms with Crippen LogP contribution in [0.3, 0.4) is 0 Å². The van der Waals surface area contributed by atoms with Crippen LogP contribution < -0.4 is 14.8 Å². The number of rotatable bonds is 4. The summed E-state index contributed by atoms with van der Waals surface area (Å²) in [6, 6.07) is 11.5. The first kappa shape index (κ1) is 19.8. The average molecular weight is 417 g/mol. The maximum atomic E-state index is 13.7. The highest BCUT2D eigenvalue weighted by Crippen LogP contribution is 2.34. The van der Waals surface area contributed by atoms with Crippen LogP contribution in [0, 0.1) is 6.92 Å². The molecule has 4 rings (SSSR count). The van der Waals surface area contributed by atoms with Gasteiger partial charge in [0.2, 0.25) is 0 Å². The molecule has 0 aliphatic carbocycles. The van der Waals surface area contributed by atoms with Crippen LogP contribution in [0.25, 0.3) is 5.69 Å². The summed E-state index contributed by atoms with van der Waals surface area (Å²) in [6.07, 6.45) is -3.83. The van der Waals surface area contributed by atoms with Gasteiger partial charge in [0.1, 0.15) is 13.2 Å². The van der Waals surface area contributed by atoms with Gasteiger partial charge >= 0.3 is 6.18 Å². The molecule has 9 heteroatoms. The number of hydrogen-bond donors (Lipinski definition) is 1. The van der Waals surface area contributed by atoms with Gasteiger partial charge in [0, 0.05) is 6.54 Å². The summed E-state index contributed by atoms with van der Waals surface area (Å²) >= 11 is 0. The van der Waals surface area contributed by atoms with Crippen LogP contribution in [0.15, 0.2) is 48.7 Å². The van der Waals surface area contributed by atoms with Crippen LogP contribution in [0.2, 0.25) is 0 Å². The number of benzene rings is 2. The second-order valence-corrected chi connectivity index (χ2v) is 6.81. The summed E-state index contributed by atoms with van der Waals surface area (Å²) < 4.78 is 52.9. The first-order chi connectivity index (χ1) is 14.3. The molecule has 1 aliphatic heterocycles. The predicted molar refractivity (Wildman–Crippen MR) is 102 cm³/mol. The van der Waals surface area contributed by atoms with Gasteiger partial charge in [-0.2, -0.15) is 18.3 Å². The lowest BCUT2D eigenvalue weighted by atomic mass is 10.1. The molecule has 0 unspecified atom stereocenters. The number of hydrogen-bond acceptors (Lipinski definition) is 4. The number of halogens is 3. The Kier molecular flexibility index (Phi) is 5.11. The first-order valence-electron chi connectivity index (χ1n) is 9.22. The molecule has 0 saturated heterocycles. The minimum absolute atomic E-state index is 0.0302. The van der Waals surface area contributed by atoms with Gasteiger partial charge in [0.05, 0.1) is 17.4 Å². The number of fused-ring (bicyclic) bond motifs is 1. The lowest BCUT2D eigenvalue weighted by Gasteiger charge is -2.19. The lowest BCUT2D eigenvalue weighted by molar-refractivity contribution is -0.143. The molecule has 2 aromatic carbocycles. The molecule has 0 bridgehead atoms. The molecule has 30 heavy (non-hydrogen) atoms. The van der Waals surface area contributed by atoms with Crippen molar-refractivity contribution in [2.45, 2.75) is 19.6 Å². The summed E-state index contributed by atoms with van der Waals surface area (Å²) in [5, 5.41) is 6.34. The molecule has 1 aliphatic rings. The Labute approximate surface area is 170 Å². The van der Waals surface area contributed by atoms with Crippen LogP contribution in [-0.4, -0.2) is 28.9 Å². The first-order valence-corrected chi connectivity index (χ1v) is 9.22. The number of alkyl halides is 3. The number of amides is 1. The number of ether oxygens (including phenoxy) is 2. The number of carbonyl (C=O) groups is 1. The Morgan fingerprint density at radius 1 is 1.10 bits per heavy atom. The average Bonchev–Trinajstić information content (AvgIpc) is 3.18. The molecule has 156 valence electrons. The van der Waals surface area contributed by atoms with Gasteiger partial charge in [-0.1, -0.05) is 23.8 Å². The third-order valence-corrected chi connectivity index (χ3v) is 4.62.